The fraction of sp³-hybridized carbons (Fsp3) is 1.00. The molecule has 0 spiro atoms. The number of rotatable bonds is 6. The van der Waals surface area contributed by atoms with Crippen molar-refractivity contribution in [3.63, 3.8) is 0 Å². The quantitative estimate of drug-likeness (QED) is 0.283. The zero-order chi connectivity index (χ0) is 13.2. The van der Waals surface area contributed by atoms with Crippen molar-refractivity contribution in [1.29, 1.82) is 0 Å². The van der Waals surface area contributed by atoms with Crippen LogP contribution in [0.3, 0.4) is 0 Å². The Morgan fingerprint density at radius 3 is 1.94 bits per heavy atom. The summed E-state index contributed by atoms with van der Waals surface area (Å²) in [5.41, 5.74) is 5.22. The standard InChI is InChI=1S/C6H16NO4P.HO3P/c7-5-3-1-2-4-6(8)12(9,10)11;1-4(2)3/h6,8H,1-5,7H2,(H2,9,10,11);(H-,1,2,3)/p+1. The smallest absolute Gasteiger partial charge is 0.380 e. The van der Waals surface area contributed by atoms with Crippen molar-refractivity contribution in [3.05, 3.63) is 0 Å². The monoisotopic (exact) mass is 278 g/mol. The molecule has 8 nitrogen and oxygen atoms in total. The number of aliphatic hydroxyl groups excluding tert-OH is 1. The highest BCUT2D eigenvalue weighted by Gasteiger charge is 2.24. The summed E-state index contributed by atoms with van der Waals surface area (Å²) in [6, 6.07) is 0. The molecule has 1 unspecified atom stereocenters. The van der Waals surface area contributed by atoms with Gasteiger partial charge >= 0.3 is 15.9 Å². The van der Waals surface area contributed by atoms with Gasteiger partial charge in [-0.05, 0) is 19.4 Å². The van der Waals surface area contributed by atoms with Crippen LogP contribution in [0.4, 0.5) is 0 Å². The Labute approximate surface area is 94.2 Å². The van der Waals surface area contributed by atoms with Crippen LogP contribution in [0.2, 0.25) is 0 Å². The molecule has 0 amide bonds. The molecule has 0 saturated heterocycles. The van der Waals surface area contributed by atoms with Gasteiger partial charge in [-0.15, -0.1) is 9.79 Å². The predicted molar refractivity (Wildman–Crippen MR) is 57.6 cm³/mol. The summed E-state index contributed by atoms with van der Waals surface area (Å²) in [6.07, 6.45) is 2.37. The Balaban J connectivity index is 0. The van der Waals surface area contributed by atoms with Crippen LogP contribution in [-0.4, -0.2) is 37.1 Å². The van der Waals surface area contributed by atoms with Crippen molar-refractivity contribution in [2.75, 3.05) is 6.54 Å². The van der Waals surface area contributed by atoms with Crippen LogP contribution in [0.5, 0.6) is 0 Å². The highest BCUT2D eigenvalue weighted by molar-refractivity contribution is 7.52. The van der Waals surface area contributed by atoms with Gasteiger partial charge in [-0.1, -0.05) is 12.8 Å². The van der Waals surface area contributed by atoms with Gasteiger partial charge in [-0.2, -0.15) is 0 Å². The SMILES string of the molecule is NCCCCCC(O)P(=O)(O)O.O=[P+](O)O. The van der Waals surface area contributed by atoms with Crippen molar-refractivity contribution in [2.24, 2.45) is 5.73 Å². The van der Waals surface area contributed by atoms with Crippen molar-refractivity contribution >= 4 is 15.9 Å². The molecule has 0 radical (unpaired) electrons. The molecule has 98 valence electrons. The molecule has 0 saturated carbocycles. The molecule has 0 fully saturated rings. The van der Waals surface area contributed by atoms with Gasteiger partial charge in [0.1, 0.15) is 0 Å². The molecule has 0 aromatic heterocycles. The summed E-state index contributed by atoms with van der Waals surface area (Å²) in [5, 5.41) is 8.89. The van der Waals surface area contributed by atoms with Gasteiger partial charge in [-0.3, -0.25) is 4.57 Å². The molecular weight excluding hydrogens is 260 g/mol. The van der Waals surface area contributed by atoms with Gasteiger partial charge in [0, 0.05) is 4.57 Å². The molecule has 0 bridgehead atoms. The molecule has 0 aliphatic heterocycles. The highest BCUT2D eigenvalue weighted by Crippen LogP contribution is 2.41. The summed E-state index contributed by atoms with van der Waals surface area (Å²) >= 11 is 0. The van der Waals surface area contributed by atoms with Crippen molar-refractivity contribution in [3.8, 4) is 0 Å². The van der Waals surface area contributed by atoms with E-state index in [2.05, 4.69) is 0 Å². The maximum Gasteiger partial charge on any atom is 0.692 e. The number of hydrogen-bond donors (Lipinski definition) is 6. The summed E-state index contributed by atoms with van der Waals surface area (Å²) in [4.78, 5) is 31.2. The zero-order valence-electron chi connectivity index (χ0n) is 8.64. The minimum atomic E-state index is -4.28. The molecule has 0 aromatic carbocycles. The lowest BCUT2D eigenvalue weighted by Gasteiger charge is -2.11. The summed E-state index contributed by atoms with van der Waals surface area (Å²) in [5.74, 6) is -1.50. The molecule has 0 aliphatic rings. The predicted octanol–water partition coefficient (Wildman–Crippen LogP) is -0.370. The van der Waals surface area contributed by atoms with Crippen molar-refractivity contribution in [2.45, 2.75) is 31.5 Å². The van der Waals surface area contributed by atoms with E-state index in [0.29, 0.717) is 13.0 Å². The third kappa shape index (κ3) is 16.5. The third-order valence-electron chi connectivity index (χ3n) is 1.55. The Hall–Kier alpha value is 0.0900. The van der Waals surface area contributed by atoms with Gasteiger partial charge in [0.2, 0.25) is 0 Å². The van der Waals surface area contributed by atoms with E-state index in [9.17, 15) is 4.57 Å². The highest BCUT2D eigenvalue weighted by atomic mass is 31.2. The van der Waals surface area contributed by atoms with Crippen LogP contribution in [0.15, 0.2) is 0 Å². The first kappa shape index (κ1) is 18.5. The molecule has 0 aliphatic carbocycles. The average molecular weight is 278 g/mol. The van der Waals surface area contributed by atoms with Crippen LogP contribution in [0.1, 0.15) is 25.7 Å². The fourth-order valence-electron chi connectivity index (χ4n) is 0.816. The second kappa shape index (κ2) is 10.3. The number of hydrogen-bond acceptors (Lipinski definition) is 4. The number of unbranched alkanes of at least 4 members (excludes halogenated alkanes) is 2. The van der Waals surface area contributed by atoms with Crippen molar-refractivity contribution in [1.82, 2.24) is 0 Å². The van der Waals surface area contributed by atoms with Crippen LogP contribution in [0, 0.1) is 0 Å². The molecule has 0 rings (SSSR count). The largest absolute Gasteiger partial charge is 0.692 e. The van der Waals surface area contributed by atoms with Gasteiger partial charge in [0.25, 0.3) is 0 Å². The number of aliphatic hydroxyl groups is 1. The van der Waals surface area contributed by atoms with Gasteiger partial charge < -0.3 is 20.6 Å². The topological polar surface area (TPSA) is 161 Å². The maximum atomic E-state index is 10.4. The minimum Gasteiger partial charge on any atom is -0.380 e. The first-order chi connectivity index (χ1) is 7.21. The second-order valence-electron chi connectivity index (χ2n) is 2.96. The van der Waals surface area contributed by atoms with E-state index in [1.165, 1.54) is 0 Å². The first-order valence-electron chi connectivity index (χ1n) is 4.50. The number of nitrogens with two attached hydrogens (primary N) is 1. The van der Waals surface area contributed by atoms with E-state index >= 15 is 0 Å². The lowest BCUT2D eigenvalue weighted by molar-refractivity contribution is 0.190. The van der Waals surface area contributed by atoms with Crippen LogP contribution in [-0.2, 0) is 9.13 Å². The van der Waals surface area contributed by atoms with Crippen LogP contribution < -0.4 is 5.73 Å². The minimum absolute atomic E-state index is 0.143. The van der Waals surface area contributed by atoms with E-state index in [1.807, 2.05) is 0 Å². The Kier molecular flexibility index (Phi) is 11.8. The van der Waals surface area contributed by atoms with E-state index in [4.69, 9.17) is 35.0 Å². The average Bonchev–Trinajstić information content (AvgIpc) is 2.09. The van der Waals surface area contributed by atoms with Crippen LogP contribution >= 0.6 is 15.9 Å². The van der Waals surface area contributed by atoms with E-state index in [1.54, 1.807) is 0 Å². The molecule has 1 atom stereocenters. The van der Waals surface area contributed by atoms with E-state index < -0.39 is 21.7 Å². The maximum absolute atomic E-state index is 10.4. The van der Waals surface area contributed by atoms with E-state index in [-0.39, 0.29) is 6.42 Å². The van der Waals surface area contributed by atoms with Crippen molar-refractivity contribution < 1.29 is 33.8 Å². The Morgan fingerprint density at radius 2 is 1.62 bits per heavy atom. The fourth-order valence-corrected chi connectivity index (χ4v) is 1.34. The molecule has 10 heteroatoms. The molecule has 0 heterocycles. The molecule has 7 N–H and O–H groups in total. The van der Waals surface area contributed by atoms with Gasteiger partial charge in [-0.25, -0.2) is 0 Å². The van der Waals surface area contributed by atoms with Gasteiger partial charge in [0.15, 0.2) is 5.85 Å². The Bertz CT molecular complexity index is 227. The third-order valence-corrected chi connectivity index (χ3v) is 2.59. The van der Waals surface area contributed by atoms with Gasteiger partial charge in [0.05, 0.1) is 0 Å². The summed E-state index contributed by atoms with van der Waals surface area (Å²) < 4.78 is 19.1. The lowest BCUT2D eigenvalue weighted by Crippen LogP contribution is -2.07. The summed E-state index contributed by atoms with van der Waals surface area (Å²) in [7, 11) is -7.15. The summed E-state index contributed by atoms with van der Waals surface area (Å²) in [6.45, 7) is 0.575. The molecule has 16 heavy (non-hydrogen) atoms. The first-order valence-corrected chi connectivity index (χ1v) is 7.34. The molecule has 0 aromatic rings. The normalized spacial score (nSPS) is 12.6. The second-order valence-corrected chi connectivity index (χ2v) is 5.24. The Morgan fingerprint density at radius 1 is 1.19 bits per heavy atom. The molecular formula is C6H18NO7P2+. The van der Waals surface area contributed by atoms with E-state index in [0.717, 1.165) is 12.8 Å². The zero-order valence-corrected chi connectivity index (χ0v) is 10.4. The van der Waals surface area contributed by atoms with Crippen LogP contribution in [0.25, 0.3) is 0 Å². The lowest BCUT2D eigenvalue weighted by atomic mass is 10.2.